The maximum atomic E-state index is 12.6. The molecule has 0 aliphatic rings. The Morgan fingerprint density at radius 1 is 1.08 bits per heavy atom. The summed E-state index contributed by atoms with van der Waals surface area (Å²) in [6, 6.07) is 4.30. The lowest BCUT2D eigenvalue weighted by atomic mass is 10.0. The molecular formula is C18H17Cl2NO4. The van der Waals surface area contributed by atoms with Gasteiger partial charge in [0, 0.05) is 21.3 Å². The number of ether oxygens (including phenoxy) is 1. The third-order valence-corrected chi connectivity index (χ3v) is 4.22. The van der Waals surface area contributed by atoms with Crippen molar-refractivity contribution in [2.24, 2.45) is 0 Å². The number of nitrogens with one attached hydrogen (secondary N) is 1. The van der Waals surface area contributed by atoms with Crippen LogP contribution in [0, 0.1) is 13.8 Å². The molecule has 0 amide bonds. The van der Waals surface area contributed by atoms with Crippen molar-refractivity contribution in [2.45, 2.75) is 33.8 Å². The molecule has 1 aromatic carbocycles. The number of H-pyrrole nitrogens is 1. The number of esters is 1. The molecule has 0 bridgehead atoms. The first-order valence-corrected chi connectivity index (χ1v) is 8.28. The molecule has 2 rings (SSSR count). The molecule has 0 saturated heterocycles. The SMILES string of the molecule is CC(=O)c1c(C)[nH]c(C(=O)[C@@H](C)OC(=O)c2cc(Cl)cc(Cl)c2)c1C. The van der Waals surface area contributed by atoms with E-state index >= 15 is 0 Å². The van der Waals surface area contributed by atoms with Crippen LogP contribution in [0.15, 0.2) is 18.2 Å². The Balaban J connectivity index is 2.22. The fourth-order valence-electron chi connectivity index (χ4n) is 2.68. The van der Waals surface area contributed by atoms with Crippen molar-refractivity contribution in [3.8, 4) is 0 Å². The first-order chi connectivity index (χ1) is 11.6. The van der Waals surface area contributed by atoms with Gasteiger partial charge in [-0.05, 0) is 51.5 Å². The van der Waals surface area contributed by atoms with E-state index in [9.17, 15) is 14.4 Å². The summed E-state index contributed by atoms with van der Waals surface area (Å²) in [7, 11) is 0. The Hall–Kier alpha value is -2.11. The van der Waals surface area contributed by atoms with E-state index in [4.69, 9.17) is 27.9 Å². The highest BCUT2D eigenvalue weighted by Crippen LogP contribution is 2.22. The van der Waals surface area contributed by atoms with Crippen molar-refractivity contribution in [3.63, 3.8) is 0 Å². The molecule has 1 aromatic heterocycles. The van der Waals surface area contributed by atoms with Crippen LogP contribution in [0.2, 0.25) is 10.0 Å². The largest absolute Gasteiger partial charge is 0.451 e. The van der Waals surface area contributed by atoms with Gasteiger partial charge in [0.2, 0.25) is 5.78 Å². The topological polar surface area (TPSA) is 76.2 Å². The molecule has 1 N–H and O–H groups in total. The molecule has 5 nitrogen and oxygen atoms in total. The van der Waals surface area contributed by atoms with Gasteiger partial charge in [0.1, 0.15) is 0 Å². The summed E-state index contributed by atoms with van der Waals surface area (Å²) in [6.45, 7) is 6.29. The third-order valence-electron chi connectivity index (χ3n) is 3.79. The van der Waals surface area contributed by atoms with E-state index in [1.165, 1.54) is 32.0 Å². The van der Waals surface area contributed by atoms with Crippen LogP contribution >= 0.6 is 23.2 Å². The molecule has 132 valence electrons. The Kier molecular flexibility index (Phi) is 5.70. The second-order valence-electron chi connectivity index (χ2n) is 5.75. The van der Waals surface area contributed by atoms with Crippen molar-refractivity contribution < 1.29 is 19.1 Å². The molecule has 1 heterocycles. The fourth-order valence-corrected chi connectivity index (χ4v) is 3.21. The van der Waals surface area contributed by atoms with Crippen LogP contribution in [0.1, 0.15) is 56.3 Å². The number of aromatic amines is 1. The predicted molar refractivity (Wildman–Crippen MR) is 95.9 cm³/mol. The lowest BCUT2D eigenvalue weighted by Gasteiger charge is -2.12. The van der Waals surface area contributed by atoms with Gasteiger partial charge in [-0.25, -0.2) is 4.79 Å². The van der Waals surface area contributed by atoms with E-state index in [1.54, 1.807) is 13.8 Å². The standard InChI is InChI=1S/C18H17Cl2NO4/c1-8-15(10(3)22)9(2)21-16(8)17(23)11(4)25-18(24)12-5-13(19)7-14(20)6-12/h5-7,11,21H,1-4H3/t11-/m1/s1. The Morgan fingerprint density at radius 3 is 2.12 bits per heavy atom. The number of ketones is 2. The monoisotopic (exact) mass is 381 g/mol. The number of aromatic nitrogens is 1. The van der Waals surface area contributed by atoms with E-state index in [1.807, 2.05) is 0 Å². The third kappa shape index (κ3) is 4.11. The van der Waals surface area contributed by atoms with Crippen molar-refractivity contribution in [2.75, 3.05) is 0 Å². The van der Waals surface area contributed by atoms with Crippen LogP contribution in [-0.2, 0) is 4.74 Å². The molecular weight excluding hydrogens is 365 g/mol. The quantitative estimate of drug-likeness (QED) is 0.607. The van der Waals surface area contributed by atoms with Crippen molar-refractivity contribution in [1.82, 2.24) is 4.98 Å². The lowest BCUT2D eigenvalue weighted by Crippen LogP contribution is -2.25. The number of aryl methyl sites for hydroxylation is 1. The number of carbonyl (C=O) groups excluding carboxylic acids is 3. The van der Waals surface area contributed by atoms with Crippen LogP contribution in [-0.4, -0.2) is 28.6 Å². The molecule has 25 heavy (non-hydrogen) atoms. The molecule has 7 heteroatoms. The molecule has 0 aliphatic carbocycles. The zero-order chi connectivity index (χ0) is 18.9. The summed E-state index contributed by atoms with van der Waals surface area (Å²) in [5.41, 5.74) is 2.04. The zero-order valence-electron chi connectivity index (χ0n) is 14.2. The molecule has 1 atom stereocenters. The van der Waals surface area contributed by atoms with E-state index < -0.39 is 17.9 Å². The highest BCUT2D eigenvalue weighted by Gasteiger charge is 2.26. The first-order valence-electron chi connectivity index (χ1n) is 7.53. The van der Waals surface area contributed by atoms with Crippen LogP contribution in [0.25, 0.3) is 0 Å². The number of hydrogen-bond acceptors (Lipinski definition) is 4. The van der Waals surface area contributed by atoms with Gasteiger partial charge in [0.15, 0.2) is 11.9 Å². The van der Waals surface area contributed by atoms with Gasteiger partial charge >= 0.3 is 5.97 Å². The Bertz CT molecular complexity index is 850. The van der Waals surface area contributed by atoms with Crippen LogP contribution in [0.4, 0.5) is 0 Å². The first kappa shape index (κ1) is 19.2. The molecule has 0 fully saturated rings. The normalized spacial score (nSPS) is 11.9. The molecule has 0 radical (unpaired) electrons. The maximum Gasteiger partial charge on any atom is 0.338 e. The van der Waals surface area contributed by atoms with E-state index in [-0.39, 0.29) is 17.0 Å². The van der Waals surface area contributed by atoms with Gasteiger partial charge in [-0.3, -0.25) is 9.59 Å². The van der Waals surface area contributed by atoms with Crippen molar-refractivity contribution in [1.29, 1.82) is 0 Å². The summed E-state index contributed by atoms with van der Waals surface area (Å²) in [5, 5.41) is 0.584. The van der Waals surface area contributed by atoms with E-state index in [0.29, 0.717) is 26.9 Å². The zero-order valence-corrected chi connectivity index (χ0v) is 15.7. The highest BCUT2D eigenvalue weighted by atomic mass is 35.5. The maximum absolute atomic E-state index is 12.6. The van der Waals surface area contributed by atoms with Gasteiger partial charge in [0.25, 0.3) is 0 Å². The number of rotatable bonds is 5. The van der Waals surface area contributed by atoms with E-state index in [0.717, 1.165) is 0 Å². The minimum atomic E-state index is -1.04. The number of hydrogen-bond donors (Lipinski definition) is 1. The van der Waals surface area contributed by atoms with Crippen LogP contribution < -0.4 is 0 Å². The number of Topliss-reactive ketones (excluding diaryl/α,β-unsaturated/α-hetero) is 2. The second-order valence-corrected chi connectivity index (χ2v) is 6.62. The number of carbonyl (C=O) groups is 3. The highest BCUT2D eigenvalue weighted by molar-refractivity contribution is 6.35. The minimum absolute atomic E-state index is 0.136. The Labute approximate surface area is 155 Å². The summed E-state index contributed by atoms with van der Waals surface area (Å²) >= 11 is 11.7. The van der Waals surface area contributed by atoms with Crippen molar-refractivity contribution >= 4 is 40.7 Å². The van der Waals surface area contributed by atoms with E-state index in [2.05, 4.69) is 4.98 Å². The number of benzene rings is 1. The summed E-state index contributed by atoms with van der Waals surface area (Å²) < 4.78 is 5.22. The minimum Gasteiger partial charge on any atom is -0.451 e. The molecule has 0 saturated carbocycles. The lowest BCUT2D eigenvalue weighted by molar-refractivity contribution is 0.0317. The molecule has 0 unspecified atom stereocenters. The van der Waals surface area contributed by atoms with Gasteiger partial charge < -0.3 is 9.72 Å². The second kappa shape index (κ2) is 7.42. The average molecular weight is 382 g/mol. The fraction of sp³-hybridized carbons (Fsp3) is 0.278. The van der Waals surface area contributed by atoms with Crippen LogP contribution in [0.3, 0.4) is 0 Å². The molecule has 0 aliphatic heterocycles. The molecule has 2 aromatic rings. The summed E-state index contributed by atoms with van der Waals surface area (Å²) in [5.74, 6) is -1.27. The van der Waals surface area contributed by atoms with Gasteiger partial charge in [-0.2, -0.15) is 0 Å². The van der Waals surface area contributed by atoms with Crippen molar-refractivity contribution in [3.05, 3.63) is 56.3 Å². The smallest absolute Gasteiger partial charge is 0.338 e. The molecule has 0 spiro atoms. The summed E-state index contributed by atoms with van der Waals surface area (Å²) in [4.78, 5) is 39.4. The van der Waals surface area contributed by atoms with Gasteiger partial charge in [-0.1, -0.05) is 23.2 Å². The average Bonchev–Trinajstić information content (AvgIpc) is 2.80. The predicted octanol–water partition coefficient (Wildman–Crippen LogP) is 4.57. The number of halogens is 2. The van der Waals surface area contributed by atoms with Crippen LogP contribution in [0.5, 0.6) is 0 Å². The van der Waals surface area contributed by atoms with Gasteiger partial charge in [0.05, 0.1) is 11.3 Å². The Morgan fingerprint density at radius 2 is 1.64 bits per heavy atom. The van der Waals surface area contributed by atoms with Gasteiger partial charge in [-0.15, -0.1) is 0 Å². The summed E-state index contributed by atoms with van der Waals surface area (Å²) in [6.07, 6.45) is -1.04.